The number of carbonyl (C=O) groups is 1. The molecule has 2 heterocycles. The standard InChI is InChI=1S/C22H20N4O/c1-14-9-10-18(15(2)12-14)25-22(27)26-21-17-7-3-4-8-19(17)24-20(21)16-6-5-11-23-13-16/h3-13,24H,1-2H3,(H2,25,26,27). The number of aromatic amines is 1. The van der Waals surface area contributed by atoms with E-state index in [9.17, 15) is 4.79 Å². The zero-order valence-electron chi connectivity index (χ0n) is 15.2. The number of rotatable bonds is 3. The fraction of sp³-hybridized carbons (Fsp3) is 0.0909. The summed E-state index contributed by atoms with van der Waals surface area (Å²) in [7, 11) is 0. The highest BCUT2D eigenvalue weighted by Gasteiger charge is 2.16. The number of carbonyl (C=O) groups excluding carboxylic acids is 1. The second kappa shape index (κ2) is 6.96. The van der Waals surface area contributed by atoms with Crippen LogP contribution in [0.25, 0.3) is 22.2 Å². The molecule has 2 amide bonds. The van der Waals surface area contributed by atoms with E-state index in [-0.39, 0.29) is 6.03 Å². The smallest absolute Gasteiger partial charge is 0.323 e. The van der Waals surface area contributed by atoms with E-state index in [1.54, 1.807) is 12.4 Å². The minimum Gasteiger partial charge on any atom is -0.353 e. The number of pyridine rings is 1. The molecule has 0 aliphatic rings. The van der Waals surface area contributed by atoms with Crippen molar-refractivity contribution in [1.29, 1.82) is 0 Å². The van der Waals surface area contributed by atoms with Gasteiger partial charge in [-0.3, -0.25) is 4.98 Å². The molecule has 0 unspecified atom stereocenters. The van der Waals surface area contributed by atoms with E-state index < -0.39 is 0 Å². The van der Waals surface area contributed by atoms with E-state index in [0.717, 1.165) is 44.7 Å². The van der Waals surface area contributed by atoms with Crippen LogP contribution in [-0.4, -0.2) is 16.0 Å². The second-order valence-electron chi connectivity index (χ2n) is 6.56. The molecule has 0 aliphatic carbocycles. The van der Waals surface area contributed by atoms with Gasteiger partial charge >= 0.3 is 6.03 Å². The first-order chi connectivity index (χ1) is 13.1. The third-order valence-electron chi connectivity index (χ3n) is 4.52. The third kappa shape index (κ3) is 3.40. The largest absolute Gasteiger partial charge is 0.353 e. The molecule has 5 heteroatoms. The summed E-state index contributed by atoms with van der Waals surface area (Å²) in [5.74, 6) is 0. The van der Waals surface area contributed by atoms with Crippen LogP contribution in [0.4, 0.5) is 16.2 Å². The SMILES string of the molecule is Cc1ccc(NC(=O)Nc2c(-c3cccnc3)[nH]c3ccccc23)c(C)c1. The van der Waals surface area contributed by atoms with Crippen molar-refractivity contribution in [2.45, 2.75) is 13.8 Å². The molecule has 4 aromatic rings. The Labute approximate surface area is 157 Å². The molecule has 134 valence electrons. The lowest BCUT2D eigenvalue weighted by atomic mass is 10.1. The average molecular weight is 356 g/mol. The van der Waals surface area contributed by atoms with E-state index in [1.165, 1.54) is 0 Å². The number of hydrogen-bond donors (Lipinski definition) is 3. The molecule has 5 nitrogen and oxygen atoms in total. The number of H-pyrrole nitrogens is 1. The van der Waals surface area contributed by atoms with Gasteiger partial charge < -0.3 is 15.6 Å². The maximum atomic E-state index is 12.7. The topological polar surface area (TPSA) is 69.8 Å². The highest BCUT2D eigenvalue weighted by atomic mass is 16.2. The van der Waals surface area contributed by atoms with E-state index in [4.69, 9.17) is 0 Å². The molecule has 3 N–H and O–H groups in total. The first-order valence-electron chi connectivity index (χ1n) is 8.78. The second-order valence-corrected chi connectivity index (χ2v) is 6.56. The molecule has 0 saturated carbocycles. The number of amides is 2. The van der Waals surface area contributed by atoms with Crippen molar-refractivity contribution in [3.63, 3.8) is 0 Å². The van der Waals surface area contributed by atoms with Gasteiger partial charge in [0.2, 0.25) is 0 Å². The minimum absolute atomic E-state index is 0.281. The number of aromatic nitrogens is 2. The predicted octanol–water partition coefficient (Wildman–Crippen LogP) is 5.49. The molecule has 0 radical (unpaired) electrons. The number of anilines is 2. The van der Waals surface area contributed by atoms with Crippen molar-refractivity contribution in [3.05, 3.63) is 78.1 Å². The van der Waals surface area contributed by atoms with Crippen LogP contribution < -0.4 is 10.6 Å². The zero-order valence-corrected chi connectivity index (χ0v) is 15.2. The van der Waals surface area contributed by atoms with Gasteiger partial charge in [0.15, 0.2) is 0 Å². The number of nitrogens with one attached hydrogen (secondary N) is 3. The van der Waals surface area contributed by atoms with Crippen molar-refractivity contribution in [2.75, 3.05) is 10.6 Å². The van der Waals surface area contributed by atoms with Gasteiger partial charge in [0.1, 0.15) is 0 Å². The van der Waals surface area contributed by atoms with Gasteiger partial charge in [0.25, 0.3) is 0 Å². The highest BCUT2D eigenvalue weighted by Crippen LogP contribution is 2.34. The number of aryl methyl sites for hydroxylation is 2. The fourth-order valence-corrected chi connectivity index (χ4v) is 3.22. The Morgan fingerprint density at radius 3 is 2.63 bits per heavy atom. The van der Waals surface area contributed by atoms with Crippen LogP contribution in [0.1, 0.15) is 11.1 Å². The number of fused-ring (bicyclic) bond motifs is 1. The highest BCUT2D eigenvalue weighted by molar-refractivity contribution is 6.10. The lowest BCUT2D eigenvalue weighted by Crippen LogP contribution is -2.20. The first kappa shape index (κ1) is 16.8. The van der Waals surface area contributed by atoms with Crippen LogP contribution in [0, 0.1) is 13.8 Å². The van der Waals surface area contributed by atoms with E-state index in [0.29, 0.717) is 0 Å². The third-order valence-corrected chi connectivity index (χ3v) is 4.52. The van der Waals surface area contributed by atoms with E-state index in [1.807, 2.05) is 68.4 Å². The van der Waals surface area contributed by atoms with Gasteiger partial charge in [-0.25, -0.2) is 4.79 Å². The molecule has 0 atom stereocenters. The van der Waals surface area contributed by atoms with Gasteiger partial charge in [-0.05, 0) is 43.7 Å². The maximum absolute atomic E-state index is 12.7. The number of nitrogens with zero attached hydrogens (tertiary/aromatic N) is 1. The number of hydrogen-bond acceptors (Lipinski definition) is 2. The monoisotopic (exact) mass is 356 g/mol. The molecule has 0 bridgehead atoms. The zero-order chi connectivity index (χ0) is 18.8. The van der Waals surface area contributed by atoms with Crippen molar-refractivity contribution in [1.82, 2.24) is 9.97 Å². The minimum atomic E-state index is -0.281. The van der Waals surface area contributed by atoms with E-state index in [2.05, 4.69) is 20.6 Å². The summed E-state index contributed by atoms with van der Waals surface area (Å²) >= 11 is 0. The molecule has 27 heavy (non-hydrogen) atoms. The van der Waals surface area contributed by atoms with Crippen molar-refractivity contribution in [3.8, 4) is 11.3 Å². The lowest BCUT2D eigenvalue weighted by Gasteiger charge is -2.11. The van der Waals surface area contributed by atoms with Crippen molar-refractivity contribution >= 4 is 28.3 Å². The summed E-state index contributed by atoms with van der Waals surface area (Å²) in [6, 6.07) is 17.4. The van der Waals surface area contributed by atoms with Gasteiger partial charge in [-0.2, -0.15) is 0 Å². The van der Waals surface area contributed by atoms with Crippen LogP contribution in [0.5, 0.6) is 0 Å². The van der Waals surface area contributed by atoms with Crippen molar-refractivity contribution < 1.29 is 4.79 Å². The molecular weight excluding hydrogens is 336 g/mol. The Hall–Kier alpha value is -3.60. The first-order valence-corrected chi connectivity index (χ1v) is 8.78. The van der Waals surface area contributed by atoms with Crippen LogP contribution in [-0.2, 0) is 0 Å². The molecule has 0 fully saturated rings. The Bertz CT molecular complexity index is 1120. The predicted molar refractivity (Wildman–Crippen MR) is 110 cm³/mol. The van der Waals surface area contributed by atoms with Crippen LogP contribution >= 0.6 is 0 Å². The summed E-state index contributed by atoms with van der Waals surface area (Å²) in [6.45, 7) is 4.01. The average Bonchev–Trinajstić information content (AvgIpc) is 3.03. The van der Waals surface area contributed by atoms with Crippen LogP contribution in [0.2, 0.25) is 0 Å². The summed E-state index contributed by atoms with van der Waals surface area (Å²) in [6.07, 6.45) is 3.50. The molecular formula is C22H20N4O. The van der Waals surface area contributed by atoms with Crippen LogP contribution in [0.3, 0.4) is 0 Å². The molecule has 0 spiro atoms. The van der Waals surface area contributed by atoms with Gasteiger partial charge in [-0.1, -0.05) is 35.9 Å². The molecule has 4 rings (SSSR count). The van der Waals surface area contributed by atoms with E-state index >= 15 is 0 Å². The Kier molecular flexibility index (Phi) is 4.34. The molecule has 2 aromatic heterocycles. The summed E-state index contributed by atoms with van der Waals surface area (Å²) < 4.78 is 0. The maximum Gasteiger partial charge on any atom is 0.323 e. The summed E-state index contributed by atoms with van der Waals surface area (Å²) in [4.78, 5) is 20.3. The molecule has 0 aliphatic heterocycles. The summed E-state index contributed by atoms with van der Waals surface area (Å²) in [5, 5.41) is 6.90. The number of benzene rings is 2. The quantitative estimate of drug-likeness (QED) is 0.454. The molecule has 2 aromatic carbocycles. The van der Waals surface area contributed by atoms with Gasteiger partial charge in [-0.15, -0.1) is 0 Å². The lowest BCUT2D eigenvalue weighted by molar-refractivity contribution is 0.262. The van der Waals surface area contributed by atoms with Gasteiger partial charge in [0.05, 0.1) is 11.4 Å². The summed E-state index contributed by atoms with van der Waals surface area (Å²) in [5.41, 5.74) is 6.42. The van der Waals surface area contributed by atoms with Gasteiger partial charge in [0, 0.05) is 34.5 Å². The van der Waals surface area contributed by atoms with Crippen molar-refractivity contribution in [2.24, 2.45) is 0 Å². The fourth-order valence-electron chi connectivity index (χ4n) is 3.22. The number of para-hydroxylation sites is 1. The molecule has 0 saturated heterocycles. The van der Waals surface area contributed by atoms with Crippen LogP contribution in [0.15, 0.2) is 67.0 Å². The number of urea groups is 1. The Morgan fingerprint density at radius 1 is 1.00 bits per heavy atom. The Balaban J connectivity index is 1.69. The normalized spacial score (nSPS) is 10.7. The Morgan fingerprint density at radius 2 is 1.85 bits per heavy atom.